The number of hydrogen-bond donors (Lipinski definition) is 0. The second kappa shape index (κ2) is 6.22. The van der Waals surface area contributed by atoms with Gasteiger partial charge < -0.3 is 4.74 Å². The molecule has 5 nitrogen and oxygen atoms in total. The van der Waals surface area contributed by atoms with E-state index in [0.29, 0.717) is 6.54 Å². The van der Waals surface area contributed by atoms with Crippen molar-refractivity contribution < 1.29 is 9.53 Å². The van der Waals surface area contributed by atoms with Gasteiger partial charge in [0.1, 0.15) is 0 Å². The summed E-state index contributed by atoms with van der Waals surface area (Å²) in [6, 6.07) is 18.5. The molecule has 0 unspecified atom stereocenters. The van der Waals surface area contributed by atoms with E-state index in [4.69, 9.17) is 4.74 Å². The minimum atomic E-state index is -0.403. The molecule has 0 fully saturated rings. The molecule has 22 heavy (non-hydrogen) atoms. The molecule has 110 valence electrons. The van der Waals surface area contributed by atoms with Gasteiger partial charge in [0.25, 0.3) is 5.88 Å². The largest absolute Gasteiger partial charge is 0.404 e. The molecule has 1 aromatic heterocycles. The Bertz CT molecular complexity index is 764. The number of nitrogens with zero attached hydrogens (tertiary/aromatic N) is 3. The minimum Gasteiger partial charge on any atom is -0.404 e. The molecule has 1 heterocycles. The van der Waals surface area contributed by atoms with E-state index >= 15 is 0 Å². The van der Waals surface area contributed by atoms with Crippen LogP contribution in [0.25, 0.3) is 11.1 Å². The number of esters is 1. The van der Waals surface area contributed by atoms with Crippen LogP contribution in [0, 0.1) is 0 Å². The summed E-state index contributed by atoms with van der Waals surface area (Å²) in [6.45, 7) is 1.91. The second-order valence-electron chi connectivity index (χ2n) is 4.91. The molecule has 0 aliphatic carbocycles. The van der Waals surface area contributed by atoms with Crippen molar-refractivity contribution in [1.82, 2.24) is 15.0 Å². The van der Waals surface area contributed by atoms with Crippen LogP contribution >= 0.6 is 0 Å². The number of carbonyl (C=O) groups is 1. The lowest BCUT2D eigenvalue weighted by Crippen LogP contribution is -2.01. The summed E-state index contributed by atoms with van der Waals surface area (Å²) in [6.07, 6.45) is 1.60. The Labute approximate surface area is 128 Å². The molecule has 0 atom stereocenters. The molecular weight excluding hydrogens is 278 g/mol. The molecule has 0 amide bonds. The van der Waals surface area contributed by atoms with Crippen molar-refractivity contribution in [1.29, 1.82) is 0 Å². The number of aromatic nitrogens is 3. The Balaban J connectivity index is 1.71. The van der Waals surface area contributed by atoms with E-state index < -0.39 is 5.97 Å². The monoisotopic (exact) mass is 293 g/mol. The molecule has 0 N–H and O–H groups in total. The third kappa shape index (κ3) is 3.38. The lowest BCUT2D eigenvalue weighted by molar-refractivity contribution is -0.132. The van der Waals surface area contributed by atoms with Gasteiger partial charge in [-0.05, 0) is 16.7 Å². The SMILES string of the molecule is CC(=O)Oc1cn(Cc2ccc(-c3ccccc3)cc2)nn1. The number of hydrogen-bond acceptors (Lipinski definition) is 4. The fraction of sp³-hybridized carbons (Fsp3) is 0.118. The highest BCUT2D eigenvalue weighted by molar-refractivity contribution is 5.68. The molecule has 0 saturated heterocycles. The van der Waals surface area contributed by atoms with Crippen molar-refractivity contribution in [3.05, 3.63) is 66.4 Å². The van der Waals surface area contributed by atoms with Gasteiger partial charge in [0.05, 0.1) is 12.7 Å². The summed E-state index contributed by atoms with van der Waals surface area (Å²) < 4.78 is 6.51. The molecule has 5 heteroatoms. The third-order valence-electron chi connectivity index (χ3n) is 3.17. The van der Waals surface area contributed by atoms with Crippen molar-refractivity contribution >= 4 is 5.97 Å². The van der Waals surface area contributed by atoms with Gasteiger partial charge in [-0.15, -0.1) is 0 Å². The van der Waals surface area contributed by atoms with Crippen molar-refractivity contribution in [3.63, 3.8) is 0 Å². The Kier molecular flexibility index (Phi) is 3.96. The highest BCUT2D eigenvalue weighted by atomic mass is 16.5. The van der Waals surface area contributed by atoms with Gasteiger partial charge in [0.2, 0.25) is 0 Å². The van der Waals surface area contributed by atoms with Crippen LogP contribution in [0.3, 0.4) is 0 Å². The van der Waals surface area contributed by atoms with Crippen LogP contribution in [0.5, 0.6) is 5.88 Å². The van der Waals surface area contributed by atoms with Crippen molar-refractivity contribution in [2.24, 2.45) is 0 Å². The highest BCUT2D eigenvalue weighted by Gasteiger charge is 2.05. The van der Waals surface area contributed by atoms with Gasteiger partial charge >= 0.3 is 5.97 Å². The predicted octanol–water partition coefficient (Wildman–Crippen LogP) is 2.92. The van der Waals surface area contributed by atoms with Crippen LogP contribution in [-0.4, -0.2) is 21.0 Å². The van der Waals surface area contributed by atoms with E-state index in [-0.39, 0.29) is 5.88 Å². The van der Waals surface area contributed by atoms with E-state index in [1.54, 1.807) is 10.9 Å². The van der Waals surface area contributed by atoms with Crippen molar-refractivity contribution in [2.45, 2.75) is 13.5 Å². The number of rotatable bonds is 4. The predicted molar refractivity (Wildman–Crippen MR) is 82.3 cm³/mol. The lowest BCUT2D eigenvalue weighted by atomic mass is 10.0. The second-order valence-corrected chi connectivity index (χ2v) is 4.91. The first-order chi connectivity index (χ1) is 10.7. The summed E-state index contributed by atoms with van der Waals surface area (Å²) >= 11 is 0. The third-order valence-corrected chi connectivity index (χ3v) is 3.17. The smallest absolute Gasteiger partial charge is 0.309 e. The summed E-state index contributed by atoms with van der Waals surface area (Å²) in [5, 5.41) is 7.72. The van der Waals surface area contributed by atoms with Crippen LogP contribution in [-0.2, 0) is 11.3 Å². The quantitative estimate of drug-likeness (QED) is 0.694. The lowest BCUT2D eigenvalue weighted by Gasteiger charge is -2.04. The summed E-state index contributed by atoms with van der Waals surface area (Å²) in [7, 11) is 0. The first kappa shape index (κ1) is 14.0. The average molecular weight is 293 g/mol. The molecule has 3 rings (SSSR count). The van der Waals surface area contributed by atoms with Crippen LogP contribution in [0.4, 0.5) is 0 Å². The maximum Gasteiger partial charge on any atom is 0.309 e. The van der Waals surface area contributed by atoms with Crippen LogP contribution in [0.2, 0.25) is 0 Å². The Hall–Kier alpha value is -2.95. The average Bonchev–Trinajstić information content (AvgIpc) is 2.95. The van der Waals surface area contributed by atoms with Crippen LogP contribution in [0.15, 0.2) is 60.8 Å². The van der Waals surface area contributed by atoms with Gasteiger partial charge in [-0.2, -0.15) is 0 Å². The molecular formula is C17H15N3O2. The van der Waals surface area contributed by atoms with Crippen LogP contribution < -0.4 is 4.74 Å². The van der Waals surface area contributed by atoms with Gasteiger partial charge in [-0.1, -0.05) is 64.9 Å². The van der Waals surface area contributed by atoms with E-state index in [0.717, 1.165) is 5.56 Å². The first-order valence-electron chi connectivity index (χ1n) is 6.93. The van der Waals surface area contributed by atoms with E-state index in [9.17, 15) is 4.79 Å². The van der Waals surface area contributed by atoms with Gasteiger partial charge in [-0.3, -0.25) is 4.79 Å². The van der Waals surface area contributed by atoms with Gasteiger partial charge in [0.15, 0.2) is 0 Å². The molecule has 0 aliphatic heterocycles. The fourth-order valence-electron chi connectivity index (χ4n) is 2.17. The topological polar surface area (TPSA) is 57.0 Å². The molecule has 0 radical (unpaired) electrons. The maximum absolute atomic E-state index is 10.9. The maximum atomic E-state index is 10.9. The fourth-order valence-corrected chi connectivity index (χ4v) is 2.17. The Morgan fingerprint density at radius 1 is 1.05 bits per heavy atom. The summed E-state index contributed by atoms with van der Waals surface area (Å²) in [4.78, 5) is 10.9. The molecule has 0 spiro atoms. The zero-order valence-electron chi connectivity index (χ0n) is 12.1. The molecule has 0 saturated carbocycles. The van der Waals surface area contributed by atoms with Crippen molar-refractivity contribution in [2.75, 3.05) is 0 Å². The molecule has 0 bridgehead atoms. The Morgan fingerprint density at radius 2 is 1.73 bits per heavy atom. The zero-order valence-corrected chi connectivity index (χ0v) is 12.1. The van der Waals surface area contributed by atoms with Gasteiger partial charge in [-0.25, -0.2) is 4.68 Å². The number of carbonyl (C=O) groups excluding carboxylic acids is 1. The molecule has 0 aliphatic rings. The first-order valence-corrected chi connectivity index (χ1v) is 6.93. The summed E-state index contributed by atoms with van der Waals surface area (Å²) in [5.74, 6) is -0.187. The summed E-state index contributed by atoms with van der Waals surface area (Å²) in [5.41, 5.74) is 3.45. The Morgan fingerprint density at radius 3 is 2.41 bits per heavy atom. The van der Waals surface area contributed by atoms with Crippen LogP contribution in [0.1, 0.15) is 12.5 Å². The normalized spacial score (nSPS) is 10.4. The zero-order chi connectivity index (χ0) is 15.4. The number of ether oxygens (including phenoxy) is 1. The standard InChI is InChI=1S/C17H15N3O2/c1-13(21)22-17-12-20(19-18-17)11-14-7-9-16(10-8-14)15-5-3-2-4-6-15/h2-10,12H,11H2,1H3. The van der Waals surface area contributed by atoms with E-state index in [1.807, 2.05) is 18.2 Å². The van der Waals surface area contributed by atoms with Crippen molar-refractivity contribution in [3.8, 4) is 17.0 Å². The highest BCUT2D eigenvalue weighted by Crippen LogP contribution is 2.19. The number of benzene rings is 2. The molecule has 3 aromatic rings. The van der Waals surface area contributed by atoms with E-state index in [1.165, 1.54) is 18.1 Å². The molecule has 2 aromatic carbocycles. The van der Waals surface area contributed by atoms with Gasteiger partial charge in [0, 0.05) is 6.92 Å². The van der Waals surface area contributed by atoms with E-state index in [2.05, 4.69) is 46.7 Å². The minimum absolute atomic E-state index is 0.216.